The maximum atomic E-state index is 13.1. The number of aromatic nitrogens is 3. The number of H-pyrrole nitrogens is 1. The number of nitrogens with zero attached hydrogens (tertiary/aromatic N) is 3. The number of carbonyl (C=O) groups excluding carboxylic acids is 1. The van der Waals surface area contributed by atoms with E-state index in [1.54, 1.807) is 13.3 Å². The Kier molecular flexibility index (Phi) is 3.96. The highest BCUT2D eigenvalue weighted by atomic mass is 16.5. The van der Waals surface area contributed by atoms with Crippen molar-refractivity contribution in [2.45, 2.75) is 38.0 Å². The van der Waals surface area contributed by atoms with Gasteiger partial charge in [0.05, 0.1) is 7.11 Å². The second-order valence-corrected chi connectivity index (χ2v) is 6.61. The Balaban J connectivity index is 1.59. The van der Waals surface area contributed by atoms with Crippen LogP contribution in [0, 0.1) is 0 Å². The fourth-order valence-corrected chi connectivity index (χ4v) is 3.84. The highest BCUT2D eigenvalue weighted by Gasteiger charge is 2.29. The van der Waals surface area contributed by atoms with Gasteiger partial charge in [-0.05, 0) is 49.8 Å². The molecule has 1 amide bonds. The first-order chi connectivity index (χ1) is 11.8. The van der Waals surface area contributed by atoms with E-state index in [1.807, 2.05) is 17.0 Å². The topological polar surface area (TPSA) is 71.1 Å². The second kappa shape index (κ2) is 6.26. The van der Waals surface area contributed by atoms with Crippen molar-refractivity contribution >= 4 is 5.91 Å². The number of rotatable bonds is 3. The molecule has 24 heavy (non-hydrogen) atoms. The number of nitrogens with one attached hydrogen (secondary N) is 1. The van der Waals surface area contributed by atoms with Gasteiger partial charge in [-0.25, -0.2) is 4.98 Å². The third-order valence-electron chi connectivity index (χ3n) is 5.11. The Bertz CT molecular complexity index is 742. The van der Waals surface area contributed by atoms with Crippen LogP contribution < -0.4 is 4.74 Å². The molecule has 6 nitrogen and oxygen atoms in total. The molecule has 4 rings (SSSR count). The number of hydrogen-bond donors (Lipinski definition) is 1. The van der Waals surface area contributed by atoms with Gasteiger partial charge in [-0.1, -0.05) is 0 Å². The van der Waals surface area contributed by atoms with E-state index in [-0.39, 0.29) is 5.91 Å². The van der Waals surface area contributed by atoms with Gasteiger partial charge in [0.25, 0.3) is 5.91 Å². The molecule has 1 atom stereocenters. The summed E-state index contributed by atoms with van der Waals surface area (Å²) in [5.74, 6) is 0.807. The zero-order valence-electron chi connectivity index (χ0n) is 13.9. The molecule has 2 aliphatic rings. The molecule has 0 unspecified atom stereocenters. The van der Waals surface area contributed by atoms with Gasteiger partial charge in [-0.3, -0.25) is 9.89 Å². The average Bonchev–Trinajstić information content (AvgIpc) is 3.31. The van der Waals surface area contributed by atoms with Crippen molar-refractivity contribution in [3.8, 4) is 5.88 Å². The van der Waals surface area contributed by atoms with Gasteiger partial charge in [0.15, 0.2) is 0 Å². The summed E-state index contributed by atoms with van der Waals surface area (Å²) in [6.07, 6.45) is 6.93. The van der Waals surface area contributed by atoms with Crippen LogP contribution in [0.15, 0.2) is 18.3 Å². The number of fused-ring (bicyclic) bond motifs is 1. The quantitative estimate of drug-likeness (QED) is 0.939. The van der Waals surface area contributed by atoms with Gasteiger partial charge < -0.3 is 9.64 Å². The molecule has 0 bridgehead atoms. The van der Waals surface area contributed by atoms with E-state index in [9.17, 15) is 4.79 Å². The predicted molar refractivity (Wildman–Crippen MR) is 89.3 cm³/mol. The molecule has 2 aromatic rings. The first kappa shape index (κ1) is 15.2. The monoisotopic (exact) mass is 326 g/mol. The van der Waals surface area contributed by atoms with Gasteiger partial charge in [-0.15, -0.1) is 0 Å². The van der Waals surface area contributed by atoms with Crippen molar-refractivity contribution in [2.75, 3.05) is 20.2 Å². The first-order valence-corrected chi connectivity index (χ1v) is 8.61. The van der Waals surface area contributed by atoms with E-state index >= 15 is 0 Å². The molecule has 1 saturated heterocycles. The number of ether oxygens (including phenoxy) is 1. The summed E-state index contributed by atoms with van der Waals surface area (Å²) in [6.45, 7) is 1.49. The van der Waals surface area contributed by atoms with Crippen LogP contribution in [-0.4, -0.2) is 46.2 Å². The molecule has 0 saturated carbocycles. The maximum Gasteiger partial charge on any atom is 0.259 e. The number of pyridine rings is 1. The van der Waals surface area contributed by atoms with Crippen LogP contribution in [0.3, 0.4) is 0 Å². The first-order valence-electron chi connectivity index (χ1n) is 8.61. The Hall–Kier alpha value is -2.37. The van der Waals surface area contributed by atoms with E-state index in [1.165, 1.54) is 5.56 Å². The van der Waals surface area contributed by atoms with Crippen LogP contribution in [0.1, 0.15) is 52.5 Å². The molecule has 0 aromatic carbocycles. The molecule has 1 aliphatic heterocycles. The lowest BCUT2D eigenvalue weighted by molar-refractivity contribution is 0.0701. The number of aromatic amines is 1. The van der Waals surface area contributed by atoms with Crippen LogP contribution in [0.5, 0.6) is 5.88 Å². The van der Waals surface area contributed by atoms with Crippen LogP contribution in [0.25, 0.3) is 0 Å². The normalized spacial score (nSPS) is 20.0. The lowest BCUT2D eigenvalue weighted by Crippen LogP contribution is -2.39. The van der Waals surface area contributed by atoms with Crippen LogP contribution in [-0.2, 0) is 12.8 Å². The molecule has 1 N–H and O–H groups in total. The van der Waals surface area contributed by atoms with Crippen molar-refractivity contribution in [1.29, 1.82) is 0 Å². The number of methoxy groups -OCH3 is 1. The summed E-state index contributed by atoms with van der Waals surface area (Å²) in [5, 5.41) is 7.07. The predicted octanol–water partition coefficient (Wildman–Crippen LogP) is 2.32. The van der Waals surface area contributed by atoms with Gasteiger partial charge in [0.1, 0.15) is 5.56 Å². The summed E-state index contributed by atoms with van der Waals surface area (Å²) in [4.78, 5) is 19.6. The van der Waals surface area contributed by atoms with Crippen molar-refractivity contribution < 1.29 is 9.53 Å². The number of carbonyl (C=O) groups is 1. The lowest BCUT2D eigenvalue weighted by Gasteiger charge is -2.32. The second-order valence-electron chi connectivity index (χ2n) is 6.61. The van der Waals surface area contributed by atoms with Crippen molar-refractivity contribution in [2.24, 2.45) is 0 Å². The maximum absolute atomic E-state index is 13.1. The van der Waals surface area contributed by atoms with Gasteiger partial charge in [0.2, 0.25) is 5.88 Å². The SMILES string of the molecule is COc1nc2c(cc1C(=O)N1CCC[C@H](c3ccn[nH]3)C1)CCC2. The Morgan fingerprint density at radius 1 is 1.38 bits per heavy atom. The molecule has 3 heterocycles. The standard InChI is InChI=1S/C18H22N4O2/c1-24-17-14(10-12-4-2-6-15(12)20-17)18(23)22-9-3-5-13(11-22)16-7-8-19-21-16/h7-8,10,13H,2-6,9,11H2,1H3,(H,19,21)/t13-/m0/s1. The summed E-state index contributed by atoms with van der Waals surface area (Å²) in [7, 11) is 1.59. The fraction of sp³-hybridized carbons (Fsp3) is 0.500. The van der Waals surface area contributed by atoms with Crippen molar-refractivity contribution in [3.05, 3.63) is 40.8 Å². The molecule has 1 fully saturated rings. The molecule has 126 valence electrons. The number of hydrogen-bond acceptors (Lipinski definition) is 4. The van der Waals surface area contributed by atoms with Crippen LogP contribution >= 0.6 is 0 Å². The van der Waals surface area contributed by atoms with Gasteiger partial charge >= 0.3 is 0 Å². The van der Waals surface area contributed by atoms with Crippen LogP contribution in [0.2, 0.25) is 0 Å². The van der Waals surface area contributed by atoms with Gasteiger partial charge in [-0.2, -0.15) is 5.10 Å². The number of amides is 1. The molecule has 1 aliphatic carbocycles. The van der Waals surface area contributed by atoms with Crippen molar-refractivity contribution in [1.82, 2.24) is 20.1 Å². The molecule has 0 radical (unpaired) electrons. The zero-order chi connectivity index (χ0) is 16.5. The lowest BCUT2D eigenvalue weighted by atomic mass is 9.94. The highest BCUT2D eigenvalue weighted by molar-refractivity contribution is 5.96. The van der Waals surface area contributed by atoms with E-state index in [0.717, 1.165) is 50.0 Å². The smallest absolute Gasteiger partial charge is 0.259 e. The number of likely N-dealkylation sites (tertiary alicyclic amines) is 1. The summed E-state index contributed by atoms with van der Waals surface area (Å²) < 4.78 is 5.41. The Morgan fingerprint density at radius 2 is 2.29 bits per heavy atom. The third kappa shape index (κ3) is 2.66. The summed E-state index contributed by atoms with van der Waals surface area (Å²) in [5.41, 5.74) is 3.98. The third-order valence-corrected chi connectivity index (χ3v) is 5.11. The zero-order valence-corrected chi connectivity index (χ0v) is 13.9. The van der Waals surface area contributed by atoms with E-state index < -0.39 is 0 Å². The minimum Gasteiger partial charge on any atom is -0.480 e. The molecular formula is C18H22N4O2. The molecule has 6 heteroatoms. The van der Waals surface area contributed by atoms with E-state index in [0.29, 0.717) is 23.9 Å². The minimum absolute atomic E-state index is 0.0262. The molecule has 0 spiro atoms. The van der Waals surface area contributed by atoms with Gasteiger partial charge in [0, 0.05) is 36.6 Å². The number of aryl methyl sites for hydroxylation is 2. The molecular weight excluding hydrogens is 304 g/mol. The fourth-order valence-electron chi connectivity index (χ4n) is 3.84. The number of piperidine rings is 1. The summed E-state index contributed by atoms with van der Waals surface area (Å²) in [6, 6.07) is 3.99. The van der Waals surface area contributed by atoms with Crippen molar-refractivity contribution in [3.63, 3.8) is 0 Å². The van der Waals surface area contributed by atoms with Crippen LogP contribution in [0.4, 0.5) is 0 Å². The summed E-state index contributed by atoms with van der Waals surface area (Å²) >= 11 is 0. The van der Waals surface area contributed by atoms with E-state index in [2.05, 4.69) is 15.2 Å². The average molecular weight is 326 g/mol. The van der Waals surface area contributed by atoms with E-state index in [4.69, 9.17) is 4.74 Å². The Morgan fingerprint density at radius 3 is 3.08 bits per heavy atom. The highest BCUT2D eigenvalue weighted by Crippen LogP contribution is 2.30. The largest absolute Gasteiger partial charge is 0.480 e. The minimum atomic E-state index is 0.0262. The Labute approximate surface area is 141 Å². The molecule has 2 aromatic heterocycles.